The molecule has 2 aromatic carbocycles. The van der Waals surface area contributed by atoms with Gasteiger partial charge in [0, 0.05) is 6.42 Å². The van der Waals surface area contributed by atoms with Crippen LogP contribution in [0, 0.1) is 0 Å². The van der Waals surface area contributed by atoms with Gasteiger partial charge in [0.2, 0.25) is 12.7 Å². The average Bonchev–Trinajstić information content (AvgIpc) is 3.01. The molecule has 0 bridgehead atoms. The van der Waals surface area contributed by atoms with E-state index in [0.717, 1.165) is 17.1 Å². The second kappa shape index (κ2) is 6.98. The number of fused-ring (bicyclic) bond motifs is 1. The number of benzene rings is 2. The molecule has 1 amide bonds. The summed E-state index contributed by atoms with van der Waals surface area (Å²) in [5, 5.41) is 0.887. The molecule has 5 nitrogen and oxygen atoms in total. The Balaban J connectivity index is 1.48. The number of halogens is 2. The van der Waals surface area contributed by atoms with Crippen LogP contribution in [0.1, 0.15) is 12.0 Å². The van der Waals surface area contributed by atoms with E-state index in [9.17, 15) is 4.79 Å². The zero-order valence-electron chi connectivity index (χ0n) is 12.1. The predicted molar refractivity (Wildman–Crippen MR) is 89.1 cm³/mol. The van der Waals surface area contributed by atoms with E-state index in [-0.39, 0.29) is 12.7 Å². The number of rotatable bonds is 5. The Morgan fingerprint density at radius 1 is 1.04 bits per heavy atom. The van der Waals surface area contributed by atoms with Gasteiger partial charge in [-0.15, -0.1) is 0 Å². The van der Waals surface area contributed by atoms with Gasteiger partial charge in [-0.1, -0.05) is 29.3 Å². The minimum absolute atomic E-state index is 0.131. The minimum atomic E-state index is -0.131. The molecule has 0 spiro atoms. The van der Waals surface area contributed by atoms with Gasteiger partial charge in [0.05, 0.1) is 15.7 Å². The largest absolute Gasteiger partial charge is 0.454 e. The van der Waals surface area contributed by atoms with Crippen LogP contribution in [0.3, 0.4) is 0 Å². The van der Waals surface area contributed by atoms with Gasteiger partial charge in [0.15, 0.2) is 11.5 Å². The van der Waals surface area contributed by atoms with Gasteiger partial charge < -0.3 is 9.47 Å². The number of carbonyl (C=O) groups excluding carboxylic acids is 1. The highest BCUT2D eigenvalue weighted by atomic mass is 35.5. The highest BCUT2D eigenvalue weighted by Crippen LogP contribution is 2.32. The van der Waals surface area contributed by atoms with Gasteiger partial charge >= 0.3 is 0 Å². The summed E-state index contributed by atoms with van der Waals surface area (Å²) < 4.78 is 10.6. The number of carbonyl (C=O) groups is 1. The summed E-state index contributed by atoms with van der Waals surface area (Å²) in [6, 6.07) is 10.7. The molecule has 23 heavy (non-hydrogen) atoms. The Kier molecular flexibility index (Phi) is 4.79. The van der Waals surface area contributed by atoms with E-state index in [1.807, 2.05) is 18.2 Å². The van der Waals surface area contributed by atoms with Crippen LogP contribution in [0.4, 0.5) is 5.69 Å². The lowest BCUT2D eigenvalue weighted by atomic mass is 10.1. The van der Waals surface area contributed by atoms with Crippen molar-refractivity contribution in [2.75, 3.05) is 12.2 Å². The Bertz CT molecular complexity index is 737. The fourth-order valence-electron chi connectivity index (χ4n) is 2.13. The molecule has 1 aliphatic heterocycles. The summed E-state index contributed by atoms with van der Waals surface area (Å²) in [6.45, 7) is 0.243. The molecule has 2 N–H and O–H groups in total. The van der Waals surface area contributed by atoms with E-state index < -0.39 is 0 Å². The summed E-state index contributed by atoms with van der Waals surface area (Å²) in [6.07, 6.45) is 0.944. The molecule has 0 radical (unpaired) electrons. The zero-order chi connectivity index (χ0) is 16.2. The molecule has 1 aliphatic rings. The molecule has 0 aromatic heterocycles. The molecule has 0 saturated carbocycles. The molecule has 0 unspecified atom stereocenters. The third-order valence-corrected chi connectivity index (χ3v) is 4.08. The lowest BCUT2D eigenvalue weighted by Gasteiger charge is -2.09. The van der Waals surface area contributed by atoms with Crippen molar-refractivity contribution in [3.8, 4) is 11.5 Å². The molecular weight excluding hydrogens is 339 g/mol. The highest BCUT2D eigenvalue weighted by molar-refractivity contribution is 6.42. The lowest BCUT2D eigenvalue weighted by molar-refractivity contribution is -0.120. The van der Waals surface area contributed by atoms with E-state index in [4.69, 9.17) is 32.7 Å². The maximum absolute atomic E-state index is 11.9. The Morgan fingerprint density at radius 2 is 1.87 bits per heavy atom. The van der Waals surface area contributed by atoms with Crippen molar-refractivity contribution < 1.29 is 14.3 Å². The van der Waals surface area contributed by atoms with Gasteiger partial charge in [-0.25, -0.2) is 0 Å². The topological polar surface area (TPSA) is 59.6 Å². The minimum Gasteiger partial charge on any atom is -0.454 e. The average molecular weight is 353 g/mol. The number of anilines is 1. The quantitative estimate of drug-likeness (QED) is 0.803. The number of ether oxygens (including phenoxy) is 2. The van der Waals surface area contributed by atoms with Crippen molar-refractivity contribution in [2.24, 2.45) is 0 Å². The number of amides is 1. The van der Waals surface area contributed by atoms with Crippen molar-refractivity contribution in [1.29, 1.82) is 0 Å². The fraction of sp³-hybridized carbons (Fsp3) is 0.188. The van der Waals surface area contributed by atoms with Gasteiger partial charge in [0.25, 0.3) is 0 Å². The second-order valence-corrected chi connectivity index (χ2v) is 5.80. The first-order valence-electron chi connectivity index (χ1n) is 7.00. The molecule has 0 aliphatic carbocycles. The third-order valence-electron chi connectivity index (χ3n) is 3.34. The maximum atomic E-state index is 11.9. The van der Waals surface area contributed by atoms with Crippen LogP contribution in [0.15, 0.2) is 36.4 Å². The Morgan fingerprint density at radius 3 is 2.70 bits per heavy atom. The Hall–Kier alpha value is -2.11. The van der Waals surface area contributed by atoms with Crippen molar-refractivity contribution in [3.05, 3.63) is 52.0 Å². The molecule has 2 aromatic rings. The van der Waals surface area contributed by atoms with E-state index in [1.54, 1.807) is 18.2 Å². The van der Waals surface area contributed by atoms with E-state index in [1.165, 1.54) is 0 Å². The molecule has 1 heterocycles. The van der Waals surface area contributed by atoms with E-state index >= 15 is 0 Å². The highest BCUT2D eigenvalue weighted by Gasteiger charge is 2.13. The van der Waals surface area contributed by atoms with Gasteiger partial charge in [-0.05, 0) is 42.3 Å². The van der Waals surface area contributed by atoms with Crippen molar-refractivity contribution in [2.45, 2.75) is 12.8 Å². The summed E-state index contributed by atoms with van der Waals surface area (Å²) >= 11 is 11.7. The molecule has 7 heteroatoms. The molecular formula is C16H14Cl2N2O3. The number of nitrogens with one attached hydrogen (secondary N) is 2. The van der Waals surface area contributed by atoms with Gasteiger partial charge in [-0.3, -0.25) is 15.6 Å². The first kappa shape index (κ1) is 15.8. The van der Waals surface area contributed by atoms with Crippen LogP contribution in [0.2, 0.25) is 10.0 Å². The van der Waals surface area contributed by atoms with Crippen molar-refractivity contribution in [1.82, 2.24) is 5.43 Å². The number of hydrazine groups is 1. The molecule has 0 saturated heterocycles. The summed E-state index contributed by atoms with van der Waals surface area (Å²) in [4.78, 5) is 11.9. The second-order valence-electron chi connectivity index (χ2n) is 4.99. The van der Waals surface area contributed by atoms with Gasteiger partial charge in [0.1, 0.15) is 0 Å². The first-order valence-corrected chi connectivity index (χ1v) is 7.76. The van der Waals surface area contributed by atoms with Crippen LogP contribution in [-0.4, -0.2) is 12.7 Å². The van der Waals surface area contributed by atoms with Crippen LogP contribution in [-0.2, 0) is 11.2 Å². The number of hydrogen-bond donors (Lipinski definition) is 2. The normalized spacial score (nSPS) is 12.1. The maximum Gasteiger partial charge on any atom is 0.238 e. The first-order chi connectivity index (χ1) is 11.1. The number of hydrogen-bond acceptors (Lipinski definition) is 4. The summed E-state index contributed by atoms with van der Waals surface area (Å²) in [5.74, 6) is 1.32. The van der Waals surface area contributed by atoms with E-state index in [2.05, 4.69) is 10.9 Å². The predicted octanol–water partition coefficient (Wildman–Crippen LogP) is 3.80. The third kappa shape index (κ3) is 4.00. The summed E-state index contributed by atoms with van der Waals surface area (Å²) in [7, 11) is 0. The summed E-state index contributed by atoms with van der Waals surface area (Å²) in [5.41, 5.74) is 7.10. The van der Waals surface area contributed by atoms with Crippen molar-refractivity contribution >= 4 is 34.8 Å². The number of aryl methyl sites for hydroxylation is 1. The molecule has 3 rings (SSSR count). The van der Waals surface area contributed by atoms with Crippen LogP contribution < -0.4 is 20.3 Å². The van der Waals surface area contributed by atoms with Crippen LogP contribution in [0.25, 0.3) is 0 Å². The monoisotopic (exact) mass is 352 g/mol. The van der Waals surface area contributed by atoms with Crippen molar-refractivity contribution in [3.63, 3.8) is 0 Å². The lowest BCUT2D eigenvalue weighted by Crippen LogP contribution is -2.29. The zero-order valence-corrected chi connectivity index (χ0v) is 13.6. The smallest absolute Gasteiger partial charge is 0.238 e. The molecule has 120 valence electrons. The van der Waals surface area contributed by atoms with Crippen LogP contribution in [0.5, 0.6) is 11.5 Å². The molecule has 0 fully saturated rings. The van der Waals surface area contributed by atoms with Gasteiger partial charge in [-0.2, -0.15) is 0 Å². The SMILES string of the molecule is O=C(CCc1ccc2c(c1)OCO2)NNc1ccc(Cl)c(Cl)c1. The van der Waals surface area contributed by atoms with Crippen LogP contribution >= 0.6 is 23.2 Å². The standard InChI is InChI=1S/C16H14Cl2N2O3/c17-12-4-3-11(8-13(12)18)19-20-16(21)6-2-10-1-5-14-15(7-10)23-9-22-14/h1,3-5,7-8,19H,2,6,9H2,(H,20,21). The fourth-order valence-corrected chi connectivity index (χ4v) is 2.43. The molecule has 0 atom stereocenters. The van der Waals surface area contributed by atoms with E-state index in [0.29, 0.717) is 28.6 Å². The Labute approximate surface area is 143 Å².